The van der Waals surface area contributed by atoms with Crippen molar-refractivity contribution in [3.8, 4) is 17.0 Å². The van der Waals surface area contributed by atoms with Gasteiger partial charge in [0.15, 0.2) is 0 Å². The molecule has 162 valence electrons. The molecule has 0 atom stereocenters. The van der Waals surface area contributed by atoms with E-state index in [1.54, 1.807) is 6.26 Å². The molecule has 0 N–H and O–H groups in total. The van der Waals surface area contributed by atoms with Gasteiger partial charge in [0.05, 0.1) is 31.0 Å². The first kappa shape index (κ1) is 19.1. The van der Waals surface area contributed by atoms with Crippen LogP contribution < -0.4 is 4.74 Å². The fraction of sp³-hybridized carbons (Fsp3) is 0.480. The summed E-state index contributed by atoms with van der Waals surface area (Å²) in [6.45, 7) is 7.40. The molecule has 6 heteroatoms. The standard InChI is InChI=1S/C25H30N4O2/c1-2-6-23-21(5-1)24-22(17-26-29(24)15-14-27-10-3-4-11-27)25(31-23)8-12-28(13-9-25)18-20-7-16-30-19-20/h1-2,5-7,16-17,19H,3-4,8-15,18H2. The normalized spacial score (nSPS) is 20.5. The maximum absolute atomic E-state index is 6.75. The van der Waals surface area contributed by atoms with Crippen LogP contribution >= 0.6 is 0 Å². The van der Waals surface area contributed by atoms with Crippen molar-refractivity contribution in [1.29, 1.82) is 0 Å². The number of likely N-dealkylation sites (tertiary alicyclic amines) is 2. The Morgan fingerprint density at radius 2 is 1.77 bits per heavy atom. The average Bonchev–Trinajstić information content (AvgIpc) is 3.57. The Labute approximate surface area is 183 Å². The number of ether oxygens (including phenoxy) is 1. The van der Waals surface area contributed by atoms with Crippen LogP contribution in [0.2, 0.25) is 0 Å². The molecule has 6 nitrogen and oxygen atoms in total. The number of nitrogens with zero attached hydrogens (tertiary/aromatic N) is 4. The van der Waals surface area contributed by atoms with Crippen molar-refractivity contribution in [3.63, 3.8) is 0 Å². The summed E-state index contributed by atoms with van der Waals surface area (Å²) in [4.78, 5) is 5.06. The smallest absolute Gasteiger partial charge is 0.140 e. The van der Waals surface area contributed by atoms with E-state index in [1.807, 2.05) is 6.26 Å². The summed E-state index contributed by atoms with van der Waals surface area (Å²) in [5.41, 5.74) is 4.69. The molecule has 3 aromatic rings. The van der Waals surface area contributed by atoms with Gasteiger partial charge in [-0.2, -0.15) is 5.10 Å². The van der Waals surface area contributed by atoms with E-state index < -0.39 is 0 Å². The first-order chi connectivity index (χ1) is 15.3. The number of aromatic nitrogens is 2. The minimum absolute atomic E-state index is 0.275. The molecular formula is C25H30N4O2. The summed E-state index contributed by atoms with van der Waals surface area (Å²) < 4.78 is 14.2. The maximum Gasteiger partial charge on any atom is 0.140 e. The lowest BCUT2D eigenvalue weighted by atomic mass is 9.81. The SMILES string of the molecule is c1ccc2c(c1)OC1(CCN(Cc3ccoc3)CC1)c1cnn(CCN3CCCC3)c1-2. The van der Waals surface area contributed by atoms with Crippen molar-refractivity contribution < 1.29 is 9.15 Å². The third-order valence-electron chi connectivity index (χ3n) is 7.25. The Morgan fingerprint density at radius 1 is 0.935 bits per heavy atom. The quantitative estimate of drug-likeness (QED) is 0.624. The molecule has 5 heterocycles. The van der Waals surface area contributed by atoms with E-state index in [4.69, 9.17) is 14.3 Å². The first-order valence-corrected chi connectivity index (χ1v) is 11.6. The highest BCUT2D eigenvalue weighted by molar-refractivity contribution is 5.73. The van der Waals surface area contributed by atoms with Gasteiger partial charge in [0, 0.05) is 55.7 Å². The summed E-state index contributed by atoms with van der Waals surface area (Å²) in [6, 6.07) is 10.5. The second-order valence-electron chi connectivity index (χ2n) is 9.18. The van der Waals surface area contributed by atoms with Crippen LogP contribution in [0.5, 0.6) is 5.75 Å². The maximum atomic E-state index is 6.75. The third-order valence-corrected chi connectivity index (χ3v) is 7.25. The van der Waals surface area contributed by atoms with E-state index in [9.17, 15) is 0 Å². The number of hydrogen-bond donors (Lipinski definition) is 0. The Bertz CT molecular complexity index is 1030. The van der Waals surface area contributed by atoms with Gasteiger partial charge in [0.25, 0.3) is 0 Å². The van der Waals surface area contributed by atoms with Gasteiger partial charge in [-0.25, -0.2) is 0 Å². The third kappa shape index (κ3) is 3.48. The lowest BCUT2D eigenvalue weighted by Gasteiger charge is -2.44. The van der Waals surface area contributed by atoms with Crippen molar-refractivity contribution in [3.05, 3.63) is 60.2 Å². The van der Waals surface area contributed by atoms with Gasteiger partial charge in [-0.15, -0.1) is 0 Å². The van der Waals surface area contributed by atoms with Crippen LogP contribution in [0.3, 0.4) is 0 Å². The zero-order chi connectivity index (χ0) is 20.7. The number of benzene rings is 1. The van der Waals surface area contributed by atoms with Crippen LogP contribution in [0.1, 0.15) is 36.8 Å². The minimum Gasteiger partial charge on any atom is -0.482 e. The zero-order valence-corrected chi connectivity index (χ0v) is 18.0. The van der Waals surface area contributed by atoms with Crippen LogP contribution in [0.4, 0.5) is 0 Å². The van der Waals surface area contributed by atoms with Crippen molar-refractivity contribution >= 4 is 0 Å². The van der Waals surface area contributed by atoms with Crippen molar-refractivity contribution in [2.24, 2.45) is 0 Å². The Hall–Kier alpha value is -2.57. The number of fused-ring (bicyclic) bond motifs is 4. The molecule has 3 aliphatic rings. The second-order valence-corrected chi connectivity index (χ2v) is 9.18. The Balaban J connectivity index is 1.27. The van der Waals surface area contributed by atoms with Gasteiger partial charge in [-0.3, -0.25) is 9.58 Å². The van der Waals surface area contributed by atoms with Crippen molar-refractivity contribution in [2.75, 3.05) is 32.7 Å². The highest BCUT2D eigenvalue weighted by Gasteiger charge is 2.45. The molecule has 2 fully saturated rings. The predicted octanol–water partition coefficient (Wildman–Crippen LogP) is 4.12. The van der Waals surface area contributed by atoms with E-state index in [0.29, 0.717) is 0 Å². The van der Waals surface area contributed by atoms with Crippen LogP contribution in [0, 0.1) is 0 Å². The van der Waals surface area contributed by atoms with E-state index in [0.717, 1.165) is 51.3 Å². The van der Waals surface area contributed by atoms with Gasteiger partial charge in [0.1, 0.15) is 11.4 Å². The second kappa shape index (κ2) is 7.84. The minimum atomic E-state index is -0.275. The highest BCUT2D eigenvalue weighted by atomic mass is 16.5. The lowest BCUT2D eigenvalue weighted by molar-refractivity contribution is -0.00699. The first-order valence-electron chi connectivity index (χ1n) is 11.6. The molecule has 0 unspecified atom stereocenters. The number of para-hydroxylation sites is 1. The monoisotopic (exact) mass is 418 g/mol. The highest BCUT2D eigenvalue weighted by Crippen LogP contribution is 2.49. The molecule has 6 rings (SSSR count). The van der Waals surface area contributed by atoms with E-state index in [2.05, 4.69) is 51.0 Å². The van der Waals surface area contributed by atoms with Crippen molar-refractivity contribution in [2.45, 2.75) is 44.4 Å². The Morgan fingerprint density at radius 3 is 2.58 bits per heavy atom. The predicted molar refractivity (Wildman–Crippen MR) is 119 cm³/mol. The molecule has 0 saturated carbocycles. The molecule has 0 bridgehead atoms. The number of piperidine rings is 1. The largest absolute Gasteiger partial charge is 0.482 e. The van der Waals surface area contributed by atoms with Crippen LogP contribution in [-0.4, -0.2) is 52.3 Å². The molecule has 2 aromatic heterocycles. The van der Waals surface area contributed by atoms with E-state index in [-0.39, 0.29) is 5.60 Å². The summed E-state index contributed by atoms with van der Waals surface area (Å²) in [5, 5.41) is 4.87. The molecule has 0 radical (unpaired) electrons. The molecule has 1 spiro atoms. The van der Waals surface area contributed by atoms with Gasteiger partial charge >= 0.3 is 0 Å². The van der Waals surface area contributed by atoms with Crippen molar-refractivity contribution in [1.82, 2.24) is 19.6 Å². The Kier molecular flexibility index (Phi) is 4.84. The summed E-state index contributed by atoms with van der Waals surface area (Å²) in [6.07, 6.45) is 10.3. The number of furan rings is 1. The van der Waals surface area contributed by atoms with E-state index >= 15 is 0 Å². The molecule has 2 saturated heterocycles. The van der Waals surface area contributed by atoms with Gasteiger partial charge in [0.2, 0.25) is 0 Å². The lowest BCUT2D eigenvalue weighted by Crippen LogP contribution is -2.47. The zero-order valence-electron chi connectivity index (χ0n) is 18.0. The molecule has 0 aliphatic carbocycles. The fourth-order valence-corrected chi connectivity index (χ4v) is 5.52. The molecular weight excluding hydrogens is 388 g/mol. The molecule has 1 aromatic carbocycles. The topological polar surface area (TPSA) is 46.7 Å². The summed E-state index contributed by atoms with van der Waals surface area (Å²) in [7, 11) is 0. The average molecular weight is 419 g/mol. The van der Waals surface area contributed by atoms with E-state index in [1.165, 1.54) is 48.3 Å². The van der Waals surface area contributed by atoms with Crippen LogP contribution in [0.15, 0.2) is 53.5 Å². The summed E-state index contributed by atoms with van der Waals surface area (Å²) >= 11 is 0. The van der Waals surface area contributed by atoms with Crippen LogP contribution in [0.25, 0.3) is 11.3 Å². The molecule has 0 amide bonds. The fourth-order valence-electron chi connectivity index (χ4n) is 5.52. The van der Waals surface area contributed by atoms with Gasteiger partial charge in [-0.1, -0.05) is 12.1 Å². The molecule has 31 heavy (non-hydrogen) atoms. The van der Waals surface area contributed by atoms with Gasteiger partial charge in [-0.05, 0) is 44.1 Å². The molecule has 3 aliphatic heterocycles. The number of rotatable bonds is 5. The number of hydrogen-bond acceptors (Lipinski definition) is 5. The van der Waals surface area contributed by atoms with Crippen LogP contribution in [-0.2, 0) is 18.7 Å². The summed E-state index contributed by atoms with van der Waals surface area (Å²) in [5.74, 6) is 1.00. The van der Waals surface area contributed by atoms with Gasteiger partial charge < -0.3 is 14.1 Å².